The number of ketones is 1. The average molecular weight is 383 g/mol. The highest BCUT2D eigenvalue weighted by Crippen LogP contribution is 2.29. The first-order valence-electron chi connectivity index (χ1n) is 8.42. The second kappa shape index (κ2) is 8.26. The average Bonchev–Trinajstić information content (AvgIpc) is 3.07. The summed E-state index contributed by atoms with van der Waals surface area (Å²) in [6.45, 7) is 1.87. The molecule has 6 nitrogen and oxygen atoms in total. The van der Waals surface area contributed by atoms with Crippen LogP contribution in [0.15, 0.2) is 53.7 Å². The summed E-state index contributed by atoms with van der Waals surface area (Å²) < 4.78 is 12.3. The fourth-order valence-corrected chi connectivity index (χ4v) is 3.52. The van der Waals surface area contributed by atoms with Crippen LogP contribution in [0.2, 0.25) is 0 Å². The number of aromatic nitrogens is 3. The maximum absolute atomic E-state index is 12.7. The highest BCUT2D eigenvalue weighted by Gasteiger charge is 2.20. The molecular weight excluding hydrogens is 362 g/mol. The van der Waals surface area contributed by atoms with Crippen LogP contribution in [-0.2, 0) is 7.05 Å². The van der Waals surface area contributed by atoms with Crippen molar-refractivity contribution in [1.82, 2.24) is 14.8 Å². The van der Waals surface area contributed by atoms with Crippen LogP contribution in [0.5, 0.6) is 11.5 Å². The van der Waals surface area contributed by atoms with Crippen LogP contribution in [0.25, 0.3) is 11.4 Å². The lowest BCUT2D eigenvalue weighted by atomic mass is 10.1. The van der Waals surface area contributed by atoms with E-state index in [1.807, 2.05) is 42.8 Å². The molecule has 1 atom stereocenters. The minimum absolute atomic E-state index is 0.0357. The predicted octanol–water partition coefficient (Wildman–Crippen LogP) is 3.86. The minimum Gasteiger partial charge on any atom is -0.497 e. The Morgan fingerprint density at radius 1 is 1.04 bits per heavy atom. The molecule has 27 heavy (non-hydrogen) atoms. The zero-order valence-corrected chi connectivity index (χ0v) is 16.5. The SMILES string of the molecule is COc1ccc(C(=O)[C@H](C)Sc2nnc(-c3cccc(OC)c3)n2C)cc1. The number of ether oxygens (including phenoxy) is 2. The standard InChI is InChI=1S/C20H21N3O3S/c1-13(18(24)14-8-10-16(25-3)11-9-14)27-20-22-21-19(23(20)2)15-6-5-7-17(12-15)26-4/h5-13H,1-4H3/t13-/m0/s1. The fourth-order valence-electron chi connectivity index (χ4n) is 2.63. The van der Waals surface area contributed by atoms with E-state index in [1.54, 1.807) is 38.5 Å². The Hall–Kier alpha value is -2.80. The third-order valence-corrected chi connectivity index (χ3v) is 5.32. The lowest BCUT2D eigenvalue weighted by Gasteiger charge is -2.11. The largest absolute Gasteiger partial charge is 0.497 e. The molecule has 0 radical (unpaired) electrons. The summed E-state index contributed by atoms with van der Waals surface area (Å²) in [5.41, 5.74) is 1.55. The van der Waals surface area contributed by atoms with Gasteiger partial charge in [0.2, 0.25) is 0 Å². The highest BCUT2D eigenvalue weighted by atomic mass is 32.2. The molecule has 0 aliphatic heterocycles. The van der Waals surface area contributed by atoms with Crippen LogP contribution < -0.4 is 9.47 Å². The number of carbonyl (C=O) groups excluding carboxylic acids is 1. The fraction of sp³-hybridized carbons (Fsp3) is 0.250. The monoisotopic (exact) mass is 383 g/mol. The van der Waals surface area contributed by atoms with Gasteiger partial charge in [-0.2, -0.15) is 0 Å². The van der Waals surface area contributed by atoms with Crippen molar-refractivity contribution in [3.63, 3.8) is 0 Å². The summed E-state index contributed by atoms with van der Waals surface area (Å²) in [5, 5.41) is 8.92. The Morgan fingerprint density at radius 2 is 1.74 bits per heavy atom. The molecule has 0 N–H and O–H groups in total. The van der Waals surface area contributed by atoms with Crippen LogP contribution in [0.1, 0.15) is 17.3 Å². The second-order valence-electron chi connectivity index (χ2n) is 5.95. The number of hydrogen-bond acceptors (Lipinski definition) is 6. The number of thioether (sulfide) groups is 1. The molecule has 0 aliphatic carbocycles. The van der Waals surface area contributed by atoms with E-state index in [0.717, 1.165) is 22.9 Å². The first-order valence-corrected chi connectivity index (χ1v) is 9.30. The first kappa shape index (κ1) is 19.0. The van der Waals surface area contributed by atoms with Crippen molar-refractivity contribution in [3.05, 3.63) is 54.1 Å². The third-order valence-electron chi connectivity index (χ3n) is 4.19. The smallest absolute Gasteiger partial charge is 0.191 e. The number of nitrogens with zero attached hydrogens (tertiary/aromatic N) is 3. The Kier molecular flexibility index (Phi) is 5.81. The number of rotatable bonds is 7. The van der Waals surface area contributed by atoms with E-state index < -0.39 is 0 Å². The van der Waals surface area contributed by atoms with E-state index in [1.165, 1.54) is 11.8 Å². The van der Waals surface area contributed by atoms with Gasteiger partial charge in [-0.05, 0) is 43.3 Å². The van der Waals surface area contributed by atoms with Crippen molar-refractivity contribution in [2.24, 2.45) is 7.05 Å². The highest BCUT2D eigenvalue weighted by molar-refractivity contribution is 8.00. The number of carbonyl (C=O) groups is 1. The quantitative estimate of drug-likeness (QED) is 0.456. The molecule has 1 aromatic heterocycles. The van der Waals surface area contributed by atoms with E-state index in [9.17, 15) is 4.79 Å². The van der Waals surface area contributed by atoms with Crippen LogP contribution in [0, 0.1) is 0 Å². The zero-order chi connectivity index (χ0) is 19.4. The summed E-state index contributed by atoms with van der Waals surface area (Å²) in [4.78, 5) is 12.7. The van der Waals surface area contributed by atoms with Crippen LogP contribution in [0.3, 0.4) is 0 Å². The normalized spacial score (nSPS) is 11.9. The van der Waals surface area contributed by atoms with Crippen LogP contribution >= 0.6 is 11.8 Å². The predicted molar refractivity (Wildman–Crippen MR) is 106 cm³/mol. The third kappa shape index (κ3) is 4.14. The molecule has 0 aliphatic rings. The van der Waals surface area contributed by atoms with Gasteiger partial charge in [-0.3, -0.25) is 4.79 Å². The van der Waals surface area contributed by atoms with E-state index in [4.69, 9.17) is 9.47 Å². The lowest BCUT2D eigenvalue weighted by Crippen LogP contribution is -2.14. The molecular formula is C20H21N3O3S. The molecule has 1 heterocycles. The molecule has 0 amide bonds. The molecule has 0 bridgehead atoms. The van der Waals surface area contributed by atoms with Gasteiger partial charge in [-0.25, -0.2) is 0 Å². The second-order valence-corrected chi connectivity index (χ2v) is 7.26. The van der Waals surface area contributed by atoms with E-state index in [-0.39, 0.29) is 11.0 Å². The van der Waals surface area contributed by atoms with Crippen molar-refractivity contribution in [2.75, 3.05) is 14.2 Å². The summed E-state index contributed by atoms with van der Waals surface area (Å²) in [7, 11) is 5.12. The summed E-state index contributed by atoms with van der Waals surface area (Å²) in [6, 6.07) is 14.8. The van der Waals surface area contributed by atoms with Gasteiger partial charge in [0.25, 0.3) is 0 Å². The zero-order valence-electron chi connectivity index (χ0n) is 15.7. The van der Waals surface area contributed by atoms with Gasteiger partial charge >= 0.3 is 0 Å². The molecule has 3 aromatic rings. The van der Waals surface area contributed by atoms with Crippen LogP contribution in [0.4, 0.5) is 0 Å². The van der Waals surface area contributed by atoms with E-state index >= 15 is 0 Å². The van der Waals surface area contributed by atoms with Crippen molar-refractivity contribution in [1.29, 1.82) is 0 Å². The number of hydrogen-bond donors (Lipinski definition) is 0. The Balaban J connectivity index is 1.77. The van der Waals surface area contributed by atoms with Crippen molar-refractivity contribution in [3.8, 4) is 22.9 Å². The Bertz CT molecular complexity index is 938. The summed E-state index contributed by atoms with van der Waals surface area (Å²) >= 11 is 1.39. The summed E-state index contributed by atoms with van der Waals surface area (Å²) in [6.07, 6.45) is 0. The number of methoxy groups -OCH3 is 2. The van der Waals surface area contributed by atoms with Crippen molar-refractivity contribution >= 4 is 17.5 Å². The van der Waals surface area contributed by atoms with Crippen molar-refractivity contribution in [2.45, 2.75) is 17.3 Å². The van der Waals surface area contributed by atoms with Gasteiger partial charge in [0.05, 0.1) is 19.5 Å². The molecule has 7 heteroatoms. The molecule has 3 rings (SSSR count). The first-order chi connectivity index (χ1) is 13.0. The van der Waals surface area contributed by atoms with Crippen LogP contribution in [-0.4, -0.2) is 40.0 Å². The molecule has 0 fully saturated rings. The van der Waals surface area contributed by atoms with Crippen molar-refractivity contribution < 1.29 is 14.3 Å². The Morgan fingerprint density at radius 3 is 2.41 bits per heavy atom. The maximum atomic E-state index is 12.7. The van der Waals surface area contributed by atoms with Gasteiger partial charge in [0.1, 0.15) is 11.5 Å². The van der Waals surface area contributed by atoms with E-state index in [0.29, 0.717) is 10.7 Å². The lowest BCUT2D eigenvalue weighted by molar-refractivity contribution is 0.0994. The molecule has 0 saturated carbocycles. The molecule has 0 unspecified atom stereocenters. The molecule has 140 valence electrons. The van der Waals surface area contributed by atoms with Gasteiger partial charge in [0.15, 0.2) is 16.8 Å². The van der Waals surface area contributed by atoms with Gasteiger partial charge in [0, 0.05) is 18.2 Å². The molecule has 2 aromatic carbocycles. The van der Waals surface area contributed by atoms with Gasteiger partial charge in [-0.15, -0.1) is 10.2 Å². The van der Waals surface area contributed by atoms with Gasteiger partial charge < -0.3 is 14.0 Å². The molecule has 0 spiro atoms. The number of benzene rings is 2. The minimum atomic E-state index is -0.292. The maximum Gasteiger partial charge on any atom is 0.191 e. The topological polar surface area (TPSA) is 66.2 Å². The van der Waals surface area contributed by atoms with E-state index in [2.05, 4.69) is 10.2 Å². The Labute approximate surface area is 162 Å². The van der Waals surface area contributed by atoms with Gasteiger partial charge in [-0.1, -0.05) is 23.9 Å². The number of Topliss-reactive ketones (excluding diaryl/α,β-unsaturated/α-hetero) is 1. The summed E-state index contributed by atoms with van der Waals surface area (Å²) in [5.74, 6) is 2.24. The molecule has 0 saturated heterocycles.